The summed E-state index contributed by atoms with van der Waals surface area (Å²) < 4.78 is 11.8. The van der Waals surface area contributed by atoms with Crippen LogP contribution in [0.15, 0.2) is 144 Å². The molecule has 64 heavy (non-hydrogen) atoms. The number of aromatic nitrogens is 1. The molecule has 1 aliphatic carbocycles. The molecule has 309 valence electrons. The molecule has 11 aromatic rings. The summed E-state index contributed by atoms with van der Waals surface area (Å²) in [6.07, 6.45) is 0. The van der Waals surface area contributed by atoms with E-state index < -0.39 is 0 Å². The third kappa shape index (κ3) is 5.22. The van der Waals surface area contributed by atoms with Gasteiger partial charge in [-0.15, -0.1) is 11.3 Å². The fourth-order valence-electron chi connectivity index (χ4n) is 11.2. The SMILES string of the molecule is CC(C)(C)c1ccc(Nc2cc3c(cc2-c2c4c(c5c6cc(C(C)(C)C)ccc6n6c5c2[B]c2cc5c(cc2-6)oc2ccccc25)-c2ccccc2C4(C)C)sc2ccccc23)cc1. The van der Waals surface area contributed by atoms with E-state index >= 15 is 0 Å². The van der Waals surface area contributed by atoms with Crippen LogP contribution in [0.4, 0.5) is 11.4 Å². The zero-order valence-electron chi connectivity index (χ0n) is 37.6. The predicted octanol–water partition coefficient (Wildman–Crippen LogP) is 15.3. The second kappa shape index (κ2) is 12.8. The van der Waals surface area contributed by atoms with Gasteiger partial charge in [-0.05, 0) is 104 Å². The first-order valence-corrected chi connectivity index (χ1v) is 23.5. The molecule has 1 aliphatic heterocycles. The number of fused-ring (bicyclic) bond motifs is 15. The van der Waals surface area contributed by atoms with E-state index in [0.717, 1.165) is 39.0 Å². The van der Waals surface area contributed by atoms with Gasteiger partial charge in [0.05, 0.1) is 5.52 Å². The van der Waals surface area contributed by atoms with Crippen molar-refractivity contribution in [3.8, 4) is 27.9 Å². The number of para-hydroxylation sites is 1. The molecule has 2 aliphatic rings. The number of furan rings is 1. The standard InChI is InChI=1S/C59H48BN2OS/c1-57(2,3)32-21-24-34(25-22-32)61-44-29-39-36-16-11-14-20-49(36)64-50(39)30-40(44)53-54-51(37-17-9-12-18-42(37)59(54,7)8)52-41-27-33(58(4,5)6)23-26-45(41)62-46-31-48-38(28-43(46)60-55(53)56(52)62)35-15-10-13-19-47(35)63-48/h9-31,61H,1-8H3. The van der Waals surface area contributed by atoms with E-state index in [1.54, 1.807) is 0 Å². The average molecular weight is 844 g/mol. The lowest BCUT2D eigenvalue weighted by Crippen LogP contribution is -2.38. The van der Waals surface area contributed by atoms with Crippen molar-refractivity contribution in [1.82, 2.24) is 4.57 Å². The molecule has 0 saturated heterocycles. The lowest BCUT2D eigenvalue weighted by atomic mass is 9.57. The maximum absolute atomic E-state index is 6.63. The summed E-state index contributed by atoms with van der Waals surface area (Å²) in [5.74, 6) is 0. The zero-order valence-corrected chi connectivity index (χ0v) is 38.4. The molecule has 0 unspecified atom stereocenters. The van der Waals surface area contributed by atoms with E-state index in [0.29, 0.717) is 0 Å². The van der Waals surface area contributed by atoms with Crippen molar-refractivity contribution >= 4 is 105 Å². The van der Waals surface area contributed by atoms with E-state index in [4.69, 9.17) is 4.42 Å². The molecule has 5 heteroatoms. The lowest BCUT2D eigenvalue weighted by Gasteiger charge is -2.30. The van der Waals surface area contributed by atoms with Crippen molar-refractivity contribution in [2.75, 3.05) is 5.32 Å². The Morgan fingerprint density at radius 1 is 0.594 bits per heavy atom. The number of anilines is 2. The molecule has 3 nitrogen and oxygen atoms in total. The van der Waals surface area contributed by atoms with Crippen molar-refractivity contribution < 1.29 is 4.42 Å². The fraction of sp³-hybridized carbons (Fsp3) is 0.186. The summed E-state index contributed by atoms with van der Waals surface area (Å²) >= 11 is 1.89. The topological polar surface area (TPSA) is 30.1 Å². The summed E-state index contributed by atoms with van der Waals surface area (Å²) in [5.41, 5.74) is 20.4. The van der Waals surface area contributed by atoms with Crippen LogP contribution in [0.25, 0.3) is 91.9 Å². The maximum atomic E-state index is 6.63. The average Bonchev–Trinajstić information content (AvgIpc) is 3.99. The van der Waals surface area contributed by atoms with Gasteiger partial charge in [-0.25, -0.2) is 0 Å². The Bertz CT molecular complexity index is 3830. The Hall–Kier alpha value is -6.56. The van der Waals surface area contributed by atoms with Gasteiger partial charge in [0.2, 0.25) is 0 Å². The smallest absolute Gasteiger partial charge is 0.197 e. The normalized spacial score (nSPS) is 14.2. The molecule has 1 N–H and O–H groups in total. The van der Waals surface area contributed by atoms with Crippen LogP contribution in [0.3, 0.4) is 0 Å². The third-order valence-electron chi connectivity index (χ3n) is 14.5. The van der Waals surface area contributed by atoms with Crippen LogP contribution < -0.4 is 16.2 Å². The Kier molecular flexibility index (Phi) is 7.59. The minimum absolute atomic E-state index is 0.0261. The molecular weight excluding hydrogens is 796 g/mol. The lowest BCUT2D eigenvalue weighted by molar-refractivity contribution is 0.590. The largest absolute Gasteiger partial charge is 0.456 e. The maximum Gasteiger partial charge on any atom is 0.197 e. The van der Waals surface area contributed by atoms with Gasteiger partial charge in [-0.2, -0.15) is 0 Å². The number of hydrogen-bond donors (Lipinski definition) is 1. The van der Waals surface area contributed by atoms with Crippen LogP contribution in [0, 0.1) is 0 Å². The Morgan fingerprint density at radius 2 is 1.31 bits per heavy atom. The second-order valence-corrected chi connectivity index (χ2v) is 21.9. The molecular formula is C59H48BN2OS. The first kappa shape index (κ1) is 38.0. The highest BCUT2D eigenvalue weighted by atomic mass is 32.1. The van der Waals surface area contributed by atoms with E-state index in [1.807, 2.05) is 11.3 Å². The number of benzene rings is 8. The minimum Gasteiger partial charge on any atom is -0.456 e. The van der Waals surface area contributed by atoms with Crippen LogP contribution in [0.5, 0.6) is 0 Å². The van der Waals surface area contributed by atoms with Crippen LogP contribution in [0.2, 0.25) is 0 Å². The van der Waals surface area contributed by atoms with E-state index in [9.17, 15) is 0 Å². The van der Waals surface area contributed by atoms with Crippen LogP contribution in [-0.2, 0) is 16.2 Å². The molecule has 0 amide bonds. The van der Waals surface area contributed by atoms with E-state index in [1.165, 1.54) is 97.4 Å². The highest BCUT2D eigenvalue weighted by Crippen LogP contribution is 2.58. The van der Waals surface area contributed by atoms with Crippen molar-refractivity contribution in [2.24, 2.45) is 0 Å². The number of nitrogens with one attached hydrogen (secondary N) is 1. The summed E-state index contributed by atoms with van der Waals surface area (Å²) in [4.78, 5) is 0. The molecule has 4 heterocycles. The van der Waals surface area contributed by atoms with Gasteiger partial charge in [0.1, 0.15) is 11.2 Å². The number of hydrogen-bond acceptors (Lipinski definition) is 3. The summed E-state index contributed by atoms with van der Waals surface area (Å²) in [6, 6.07) is 52.4. The number of nitrogens with zero attached hydrogens (tertiary/aromatic N) is 1. The second-order valence-electron chi connectivity index (χ2n) is 20.8. The summed E-state index contributed by atoms with van der Waals surface area (Å²) in [5, 5.41) is 11.5. The van der Waals surface area contributed by atoms with Gasteiger partial charge < -0.3 is 14.3 Å². The molecule has 3 aromatic heterocycles. The van der Waals surface area contributed by atoms with Gasteiger partial charge in [0.15, 0.2) is 7.28 Å². The Labute approximate surface area is 378 Å². The van der Waals surface area contributed by atoms with Crippen molar-refractivity contribution in [3.63, 3.8) is 0 Å². The Morgan fingerprint density at radius 3 is 2.11 bits per heavy atom. The monoisotopic (exact) mass is 843 g/mol. The van der Waals surface area contributed by atoms with Crippen molar-refractivity contribution in [1.29, 1.82) is 0 Å². The van der Waals surface area contributed by atoms with Gasteiger partial charge >= 0.3 is 0 Å². The third-order valence-corrected chi connectivity index (χ3v) is 15.6. The molecule has 1 radical (unpaired) electrons. The molecule has 0 saturated carbocycles. The fourth-order valence-corrected chi connectivity index (χ4v) is 12.4. The highest BCUT2D eigenvalue weighted by molar-refractivity contribution is 7.25. The predicted molar refractivity (Wildman–Crippen MR) is 276 cm³/mol. The highest BCUT2D eigenvalue weighted by Gasteiger charge is 2.43. The first-order chi connectivity index (χ1) is 30.7. The van der Waals surface area contributed by atoms with Gasteiger partial charge in [0, 0.05) is 81.3 Å². The summed E-state index contributed by atoms with van der Waals surface area (Å²) in [7, 11) is 2.51. The van der Waals surface area contributed by atoms with E-state index in [2.05, 4.69) is 212 Å². The van der Waals surface area contributed by atoms with Gasteiger partial charge in [0.25, 0.3) is 0 Å². The van der Waals surface area contributed by atoms with Crippen LogP contribution >= 0.6 is 11.3 Å². The Balaban J connectivity index is 1.21. The van der Waals surface area contributed by atoms with Crippen LogP contribution in [0.1, 0.15) is 77.6 Å². The molecule has 0 atom stereocenters. The zero-order chi connectivity index (χ0) is 43.6. The number of rotatable bonds is 3. The molecule has 13 rings (SSSR count). The van der Waals surface area contributed by atoms with Crippen LogP contribution in [-0.4, -0.2) is 11.8 Å². The van der Waals surface area contributed by atoms with Crippen molar-refractivity contribution in [3.05, 3.63) is 162 Å². The van der Waals surface area contributed by atoms with E-state index in [-0.39, 0.29) is 16.2 Å². The minimum atomic E-state index is -0.304. The van der Waals surface area contributed by atoms with Crippen molar-refractivity contribution in [2.45, 2.75) is 71.6 Å². The molecule has 0 spiro atoms. The van der Waals surface area contributed by atoms with Gasteiger partial charge in [-0.3, -0.25) is 0 Å². The van der Waals surface area contributed by atoms with Gasteiger partial charge in [-0.1, -0.05) is 146 Å². The molecule has 8 aromatic carbocycles. The quantitative estimate of drug-likeness (QED) is 0.180. The molecule has 0 fully saturated rings. The summed E-state index contributed by atoms with van der Waals surface area (Å²) in [6.45, 7) is 18.7. The molecule has 0 bridgehead atoms. The number of thiophene rings is 1. The first-order valence-electron chi connectivity index (χ1n) is 22.7.